The van der Waals surface area contributed by atoms with Gasteiger partial charge in [-0.2, -0.15) is 0 Å². The van der Waals surface area contributed by atoms with Crippen LogP contribution in [0.25, 0.3) is 0 Å². The van der Waals surface area contributed by atoms with Crippen molar-refractivity contribution in [2.75, 3.05) is 24.1 Å². The molecule has 1 saturated heterocycles. The summed E-state index contributed by atoms with van der Waals surface area (Å²) >= 11 is 0. The molecule has 1 atom stereocenters. The summed E-state index contributed by atoms with van der Waals surface area (Å²) in [4.78, 5) is 21.9. The van der Waals surface area contributed by atoms with Crippen LogP contribution in [0.3, 0.4) is 0 Å². The molecule has 2 aliphatic rings. The van der Waals surface area contributed by atoms with Crippen molar-refractivity contribution in [1.29, 1.82) is 5.41 Å². The number of likely N-dealkylation sites (tertiary alicyclic amines) is 1. The van der Waals surface area contributed by atoms with E-state index in [1.54, 1.807) is 6.07 Å². The number of piperidine rings is 1. The summed E-state index contributed by atoms with van der Waals surface area (Å²) in [7, 11) is 0. The fraction of sp³-hybridized carbons (Fsp3) is 0.321. The van der Waals surface area contributed by atoms with E-state index in [4.69, 9.17) is 11.1 Å². The average Bonchev–Trinajstić information content (AvgIpc) is 2.83. The van der Waals surface area contributed by atoms with E-state index < -0.39 is 0 Å². The Hall–Kier alpha value is -3.71. The van der Waals surface area contributed by atoms with Gasteiger partial charge >= 0.3 is 6.03 Å². The zero-order valence-corrected chi connectivity index (χ0v) is 20.3. The average molecular weight is 469 g/mol. The quantitative estimate of drug-likeness (QED) is 0.373. The van der Waals surface area contributed by atoms with Gasteiger partial charge in [0.15, 0.2) is 0 Å². The minimum atomic E-state index is -0.0772. The number of amides is 2. The van der Waals surface area contributed by atoms with Gasteiger partial charge in [-0.1, -0.05) is 30.3 Å². The third-order valence-corrected chi connectivity index (χ3v) is 6.93. The number of pyridine rings is 1. The lowest BCUT2D eigenvalue weighted by atomic mass is 9.95. The van der Waals surface area contributed by atoms with Crippen LogP contribution in [0.2, 0.25) is 0 Å². The number of fused-ring (bicyclic) bond motifs is 1. The number of nitrogens with zero attached hydrogens (tertiary/aromatic N) is 3. The molecule has 35 heavy (non-hydrogen) atoms. The molecule has 7 nitrogen and oxygen atoms in total. The van der Waals surface area contributed by atoms with Crippen LogP contribution >= 0.6 is 0 Å². The van der Waals surface area contributed by atoms with Crippen LogP contribution in [0.1, 0.15) is 46.5 Å². The fourth-order valence-electron chi connectivity index (χ4n) is 5.27. The zero-order valence-electron chi connectivity index (χ0n) is 20.3. The molecule has 2 amide bonds. The SMILES string of the molecule is Cc1cc(C(=N)c2cc3c(cc2N)NC(=O)N(C2CCCN(Cc4ccccc4)C2)C3)cc(C)n1. The van der Waals surface area contributed by atoms with Crippen molar-refractivity contribution >= 4 is 23.1 Å². The molecule has 2 aliphatic heterocycles. The molecule has 0 saturated carbocycles. The molecule has 7 heteroatoms. The first kappa shape index (κ1) is 23.1. The second kappa shape index (κ2) is 9.50. The molecule has 4 N–H and O–H groups in total. The standard InChI is InChI=1S/C28H32N6O/c1-18-11-21(12-19(2)31-18)27(30)24-13-22-16-34(28(35)32-26(22)14-25(24)29)23-9-6-10-33(17-23)15-20-7-4-3-5-8-20/h3-5,7-8,11-14,23,30H,6,9-10,15-17,29H2,1-2H3,(H,32,35). The Kier molecular flexibility index (Phi) is 6.26. The predicted octanol–water partition coefficient (Wildman–Crippen LogP) is 4.71. The Morgan fingerprint density at radius 2 is 1.89 bits per heavy atom. The van der Waals surface area contributed by atoms with Crippen LogP contribution in [0.4, 0.5) is 16.2 Å². The van der Waals surface area contributed by atoms with Gasteiger partial charge in [-0.15, -0.1) is 0 Å². The molecule has 1 unspecified atom stereocenters. The molecule has 180 valence electrons. The smallest absolute Gasteiger partial charge is 0.322 e. The van der Waals surface area contributed by atoms with Crippen LogP contribution in [0.5, 0.6) is 0 Å². The highest BCUT2D eigenvalue weighted by Gasteiger charge is 2.32. The van der Waals surface area contributed by atoms with Gasteiger partial charge in [-0.3, -0.25) is 15.3 Å². The summed E-state index contributed by atoms with van der Waals surface area (Å²) in [5.41, 5.74) is 13.4. The number of hydrogen-bond acceptors (Lipinski definition) is 5. The van der Waals surface area contributed by atoms with Crippen molar-refractivity contribution in [1.82, 2.24) is 14.8 Å². The van der Waals surface area contributed by atoms with Gasteiger partial charge < -0.3 is 16.0 Å². The maximum Gasteiger partial charge on any atom is 0.322 e. The second-order valence-corrected chi connectivity index (χ2v) is 9.69. The van der Waals surface area contributed by atoms with E-state index >= 15 is 0 Å². The summed E-state index contributed by atoms with van der Waals surface area (Å²) in [6.45, 7) is 7.16. The van der Waals surface area contributed by atoms with Crippen molar-refractivity contribution < 1.29 is 4.79 Å². The molecule has 5 rings (SSSR count). The number of urea groups is 1. The lowest BCUT2D eigenvalue weighted by Gasteiger charge is -2.41. The summed E-state index contributed by atoms with van der Waals surface area (Å²) in [6, 6.07) is 18.1. The number of anilines is 2. The number of carbonyl (C=O) groups excluding carboxylic acids is 1. The topological polar surface area (TPSA) is 98.3 Å². The van der Waals surface area contributed by atoms with Gasteiger partial charge in [-0.05, 0) is 68.6 Å². The van der Waals surface area contributed by atoms with E-state index in [1.165, 1.54) is 5.56 Å². The number of carbonyl (C=O) groups is 1. The number of aromatic nitrogens is 1. The molecule has 3 heterocycles. The summed E-state index contributed by atoms with van der Waals surface area (Å²) in [6.07, 6.45) is 2.05. The van der Waals surface area contributed by atoms with Gasteiger partial charge in [-0.25, -0.2) is 4.79 Å². The molecule has 1 aromatic heterocycles. The molecular formula is C28H32N6O. The van der Waals surface area contributed by atoms with Crippen molar-refractivity contribution in [2.24, 2.45) is 0 Å². The molecular weight excluding hydrogens is 436 g/mol. The van der Waals surface area contributed by atoms with Crippen molar-refractivity contribution in [3.05, 3.63) is 88.2 Å². The van der Waals surface area contributed by atoms with Crippen LogP contribution in [0, 0.1) is 19.3 Å². The Balaban J connectivity index is 1.36. The molecule has 1 fully saturated rings. The lowest BCUT2D eigenvalue weighted by Crippen LogP contribution is -2.52. The van der Waals surface area contributed by atoms with E-state index in [1.807, 2.05) is 43.0 Å². The Bertz CT molecular complexity index is 1250. The van der Waals surface area contributed by atoms with Crippen molar-refractivity contribution in [3.8, 4) is 0 Å². The van der Waals surface area contributed by atoms with E-state index in [9.17, 15) is 4.79 Å². The van der Waals surface area contributed by atoms with E-state index in [2.05, 4.69) is 39.5 Å². The minimum Gasteiger partial charge on any atom is -0.398 e. The Labute approximate surface area is 206 Å². The number of nitrogens with one attached hydrogen (secondary N) is 2. The maximum atomic E-state index is 13.1. The zero-order chi connectivity index (χ0) is 24.5. The number of benzene rings is 2. The first-order valence-corrected chi connectivity index (χ1v) is 12.2. The summed E-state index contributed by atoms with van der Waals surface area (Å²) in [5.74, 6) is 0. The van der Waals surface area contributed by atoms with Gasteiger partial charge in [0.2, 0.25) is 0 Å². The summed E-state index contributed by atoms with van der Waals surface area (Å²) in [5, 5.41) is 11.9. The van der Waals surface area contributed by atoms with E-state index in [-0.39, 0.29) is 12.1 Å². The maximum absolute atomic E-state index is 13.1. The number of rotatable bonds is 5. The number of hydrogen-bond donors (Lipinski definition) is 3. The Morgan fingerprint density at radius 1 is 1.14 bits per heavy atom. The molecule has 0 spiro atoms. The van der Waals surface area contributed by atoms with E-state index in [0.717, 1.165) is 60.7 Å². The van der Waals surface area contributed by atoms with Crippen LogP contribution in [-0.2, 0) is 13.1 Å². The lowest BCUT2D eigenvalue weighted by molar-refractivity contribution is 0.108. The highest BCUT2D eigenvalue weighted by Crippen LogP contribution is 2.32. The Morgan fingerprint density at radius 3 is 2.63 bits per heavy atom. The number of aryl methyl sites for hydroxylation is 2. The molecule has 0 aliphatic carbocycles. The second-order valence-electron chi connectivity index (χ2n) is 9.69. The van der Waals surface area contributed by atoms with Gasteiger partial charge in [0, 0.05) is 59.6 Å². The largest absolute Gasteiger partial charge is 0.398 e. The van der Waals surface area contributed by atoms with Crippen LogP contribution < -0.4 is 11.1 Å². The first-order chi connectivity index (χ1) is 16.9. The molecule has 2 aromatic carbocycles. The molecule has 0 bridgehead atoms. The summed E-state index contributed by atoms with van der Waals surface area (Å²) < 4.78 is 0. The van der Waals surface area contributed by atoms with Gasteiger partial charge in [0.1, 0.15) is 0 Å². The molecule has 0 radical (unpaired) electrons. The highest BCUT2D eigenvalue weighted by molar-refractivity contribution is 6.14. The van der Waals surface area contributed by atoms with Gasteiger partial charge in [0.05, 0.1) is 5.71 Å². The monoisotopic (exact) mass is 468 g/mol. The third kappa shape index (κ3) is 4.91. The first-order valence-electron chi connectivity index (χ1n) is 12.2. The normalized spacial score (nSPS) is 18.2. The minimum absolute atomic E-state index is 0.0772. The highest BCUT2D eigenvalue weighted by atomic mass is 16.2. The van der Waals surface area contributed by atoms with Gasteiger partial charge in [0.25, 0.3) is 0 Å². The number of nitrogens with two attached hydrogens (primary N) is 1. The molecule has 3 aromatic rings. The third-order valence-electron chi connectivity index (χ3n) is 6.93. The van der Waals surface area contributed by atoms with Crippen LogP contribution in [-0.4, -0.2) is 45.7 Å². The van der Waals surface area contributed by atoms with Crippen molar-refractivity contribution in [3.63, 3.8) is 0 Å². The predicted molar refractivity (Wildman–Crippen MR) is 140 cm³/mol. The fourth-order valence-corrected chi connectivity index (χ4v) is 5.27. The van der Waals surface area contributed by atoms with Crippen molar-refractivity contribution in [2.45, 2.75) is 45.8 Å². The van der Waals surface area contributed by atoms with Crippen LogP contribution in [0.15, 0.2) is 54.6 Å². The van der Waals surface area contributed by atoms with E-state index in [0.29, 0.717) is 23.5 Å². The number of nitrogen functional groups attached to an aromatic ring is 1.